The van der Waals surface area contributed by atoms with E-state index in [9.17, 15) is 8.42 Å². The van der Waals surface area contributed by atoms with Crippen LogP contribution in [0.2, 0.25) is 0 Å². The number of hydrogen-bond acceptors (Lipinski definition) is 3. The lowest BCUT2D eigenvalue weighted by atomic mass is 10.2. The zero-order valence-electron chi connectivity index (χ0n) is 10.6. The van der Waals surface area contributed by atoms with Crippen LogP contribution in [-0.2, 0) is 16.6 Å². The number of hydrogen-bond donors (Lipinski definition) is 1. The van der Waals surface area contributed by atoms with Crippen molar-refractivity contribution in [1.29, 1.82) is 0 Å². The second-order valence-electron chi connectivity index (χ2n) is 4.23. The molecule has 0 unspecified atom stereocenters. The molecule has 2 aromatic rings. The van der Waals surface area contributed by atoms with E-state index in [-0.39, 0.29) is 11.4 Å². The van der Waals surface area contributed by atoms with E-state index >= 15 is 0 Å². The molecule has 1 N–H and O–H groups in total. The lowest BCUT2D eigenvalue weighted by Gasteiger charge is -2.17. The van der Waals surface area contributed by atoms with Gasteiger partial charge in [0.15, 0.2) is 0 Å². The molecule has 0 amide bonds. The van der Waals surface area contributed by atoms with Crippen molar-refractivity contribution in [2.45, 2.75) is 18.4 Å². The first-order valence-corrected chi connectivity index (χ1v) is 7.85. The fourth-order valence-corrected chi connectivity index (χ4v) is 3.94. The molecule has 0 spiro atoms. The van der Waals surface area contributed by atoms with E-state index < -0.39 is 10.0 Å². The molecular weight excluding hydrogens is 330 g/mol. The number of rotatable bonds is 4. The van der Waals surface area contributed by atoms with Gasteiger partial charge in [-0.15, -0.1) is 0 Å². The van der Waals surface area contributed by atoms with Crippen molar-refractivity contribution in [3.8, 4) is 0 Å². The van der Waals surface area contributed by atoms with Gasteiger partial charge in [-0.25, -0.2) is 13.4 Å². The Bertz CT molecular complexity index is 668. The first-order valence-electron chi connectivity index (χ1n) is 5.62. The van der Waals surface area contributed by atoms with Crippen LogP contribution in [-0.4, -0.2) is 29.7 Å². The number of aromatic nitrogens is 2. The molecule has 2 rings (SSSR count). The average Bonchev–Trinajstić information content (AvgIpc) is 2.81. The molecule has 102 valence electrons. The van der Waals surface area contributed by atoms with Crippen LogP contribution in [0.3, 0.4) is 0 Å². The van der Waals surface area contributed by atoms with Crippen molar-refractivity contribution in [1.82, 2.24) is 14.3 Å². The first kappa shape index (κ1) is 14.2. The van der Waals surface area contributed by atoms with Crippen molar-refractivity contribution >= 4 is 26.0 Å². The molecule has 1 heterocycles. The summed E-state index contributed by atoms with van der Waals surface area (Å²) in [6.45, 7) is 2.11. The van der Waals surface area contributed by atoms with Gasteiger partial charge in [0.1, 0.15) is 5.82 Å². The topological polar surface area (TPSA) is 66.1 Å². The molecule has 0 bridgehead atoms. The number of aromatic amines is 1. The molecule has 0 fully saturated rings. The molecule has 1 aromatic carbocycles. The van der Waals surface area contributed by atoms with Crippen LogP contribution in [0, 0.1) is 6.92 Å². The Balaban J connectivity index is 2.31. The fourth-order valence-electron chi connectivity index (χ4n) is 1.66. The molecule has 7 heteroatoms. The van der Waals surface area contributed by atoms with Crippen LogP contribution in [0.4, 0.5) is 0 Å². The average molecular weight is 344 g/mol. The maximum atomic E-state index is 12.4. The van der Waals surface area contributed by atoms with Crippen molar-refractivity contribution in [2.24, 2.45) is 0 Å². The van der Waals surface area contributed by atoms with Crippen molar-refractivity contribution in [2.75, 3.05) is 7.05 Å². The summed E-state index contributed by atoms with van der Waals surface area (Å²) in [6, 6.07) is 5.17. The summed E-state index contributed by atoms with van der Waals surface area (Å²) in [7, 11) is -2.00. The summed E-state index contributed by atoms with van der Waals surface area (Å²) in [5.41, 5.74) is 1.000. The standard InChI is InChI=1S/C12H14BrN3O2S/c1-9-3-4-11(10(13)7-9)19(17,18)16(2)8-12-14-5-6-15-12/h3-7H,8H2,1-2H3,(H,14,15). The predicted molar refractivity (Wildman–Crippen MR) is 76.1 cm³/mol. The number of benzene rings is 1. The molecule has 5 nitrogen and oxygen atoms in total. The molecular formula is C12H14BrN3O2S. The van der Waals surface area contributed by atoms with Crippen LogP contribution in [0.1, 0.15) is 11.4 Å². The van der Waals surface area contributed by atoms with E-state index in [0.717, 1.165) is 5.56 Å². The number of imidazole rings is 1. The maximum absolute atomic E-state index is 12.4. The van der Waals surface area contributed by atoms with E-state index in [1.807, 2.05) is 6.92 Å². The number of nitrogens with one attached hydrogen (secondary N) is 1. The highest BCUT2D eigenvalue weighted by Gasteiger charge is 2.23. The van der Waals surface area contributed by atoms with Gasteiger partial charge in [0.05, 0.1) is 11.4 Å². The van der Waals surface area contributed by atoms with E-state index in [1.54, 1.807) is 30.6 Å². The van der Waals surface area contributed by atoms with Crippen molar-refractivity contribution in [3.63, 3.8) is 0 Å². The summed E-state index contributed by atoms with van der Waals surface area (Å²) >= 11 is 3.30. The van der Waals surface area contributed by atoms with Crippen LogP contribution >= 0.6 is 15.9 Å². The highest BCUT2D eigenvalue weighted by Crippen LogP contribution is 2.25. The maximum Gasteiger partial charge on any atom is 0.244 e. The third kappa shape index (κ3) is 3.05. The monoisotopic (exact) mass is 343 g/mol. The van der Waals surface area contributed by atoms with Crippen molar-refractivity contribution in [3.05, 3.63) is 46.5 Å². The van der Waals surface area contributed by atoms with Gasteiger partial charge in [0.25, 0.3) is 0 Å². The first-order chi connectivity index (χ1) is 8.91. The van der Waals surface area contributed by atoms with E-state index in [2.05, 4.69) is 25.9 Å². The summed E-state index contributed by atoms with van der Waals surface area (Å²) in [6.07, 6.45) is 3.26. The fraction of sp³-hybridized carbons (Fsp3) is 0.250. The van der Waals surface area contributed by atoms with Crippen LogP contribution in [0.15, 0.2) is 40.0 Å². The number of sulfonamides is 1. The van der Waals surface area contributed by atoms with E-state index in [4.69, 9.17) is 0 Å². The summed E-state index contributed by atoms with van der Waals surface area (Å²) in [4.78, 5) is 7.17. The number of halogens is 1. The summed E-state index contributed by atoms with van der Waals surface area (Å²) in [5, 5.41) is 0. The Morgan fingerprint density at radius 1 is 1.42 bits per heavy atom. The molecule has 0 aliphatic heterocycles. The zero-order valence-corrected chi connectivity index (χ0v) is 13.0. The second-order valence-corrected chi connectivity index (χ2v) is 7.10. The van der Waals surface area contributed by atoms with Gasteiger partial charge in [0, 0.05) is 23.9 Å². The Morgan fingerprint density at radius 2 is 2.16 bits per heavy atom. The van der Waals surface area contributed by atoms with E-state index in [0.29, 0.717) is 10.3 Å². The van der Waals surface area contributed by atoms with Gasteiger partial charge in [-0.1, -0.05) is 6.07 Å². The molecule has 0 atom stereocenters. The second kappa shape index (κ2) is 5.44. The van der Waals surface area contributed by atoms with Gasteiger partial charge in [-0.3, -0.25) is 0 Å². The Hall–Kier alpha value is -1.18. The Kier molecular flexibility index (Phi) is 4.07. The lowest BCUT2D eigenvalue weighted by molar-refractivity contribution is 0.458. The minimum Gasteiger partial charge on any atom is -0.347 e. The molecule has 19 heavy (non-hydrogen) atoms. The molecule has 0 saturated carbocycles. The van der Waals surface area contributed by atoms with Gasteiger partial charge in [-0.05, 0) is 40.5 Å². The minimum atomic E-state index is -3.54. The Labute approximate surface area is 120 Å². The largest absolute Gasteiger partial charge is 0.347 e. The van der Waals surface area contributed by atoms with Crippen LogP contribution in [0.5, 0.6) is 0 Å². The number of aryl methyl sites for hydroxylation is 1. The van der Waals surface area contributed by atoms with E-state index in [1.165, 1.54) is 11.4 Å². The number of H-pyrrole nitrogens is 1. The highest BCUT2D eigenvalue weighted by atomic mass is 79.9. The predicted octanol–water partition coefficient (Wildman–Crippen LogP) is 2.30. The number of nitrogens with zero attached hydrogens (tertiary/aromatic N) is 2. The zero-order chi connectivity index (χ0) is 14.0. The van der Waals surface area contributed by atoms with Crippen molar-refractivity contribution < 1.29 is 8.42 Å². The normalized spacial score (nSPS) is 12.0. The quantitative estimate of drug-likeness (QED) is 0.926. The SMILES string of the molecule is Cc1ccc(S(=O)(=O)N(C)Cc2ncc[nH]2)c(Br)c1. The van der Waals surface area contributed by atoms with Gasteiger partial charge >= 0.3 is 0 Å². The third-order valence-corrected chi connectivity index (χ3v) is 5.48. The van der Waals surface area contributed by atoms with Gasteiger partial charge < -0.3 is 4.98 Å². The summed E-state index contributed by atoms with van der Waals surface area (Å²) in [5.74, 6) is 0.606. The highest BCUT2D eigenvalue weighted by molar-refractivity contribution is 9.10. The molecule has 1 aromatic heterocycles. The summed E-state index contributed by atoms with van der Waals surface area (Å²) < 4.78 is 26.7. The lowest BCUT2D eigenvalue weighted by Crippen LogP contribution is -2.27. The molecule has 0 aliphatic carbocycles. The minimum absolute atomic E-state index is 0.204. The molecule has 0 saturated heterocycles. The third-order valence-electron chi connectivity index (χ3n) is 2.70. The Morgan fingerprint density at radius 3 is 2.74 bits per heavy atom. The van der Waals surface area contributed by atoms with Gasteiger partial charge in [-0.2, -0.15) is 4.31 Å². The smallest absolute Gasteiger partial charge is 0.244 e. The molecule has 0 aliphatic rings. The van der Waals surface area contributed by atoms with Crippen LogP contribution in [0.25, 0.3) is 0 Å². The molecule has 0 radical (unpaired) electrons. The van der Waals surface area contributed by atoms with Gasteiger partial charge in [0.2, 0.25) is 10.0 Å². The van der Waals surface area contributed by atoms with Crippen LogP contribution < -0.4 is 0 Å².